The number of thiophene rings is 1. The summed E-state index contributed by atoms with van der Waals surface area (Å²) >= 11 is 1.45. The zero-order valence-corrected chi connectivity index (χ0v) is 18.0. The lowest BCUT2D eigenvalue weighted by atomic mass is 9.88. The van der Waals surface area contributed by atoms with Gasteiger partial charge in [0, 0.05) is 28.4 Å². The number of fused-ring (bicyclic) bond motifs is 2. The SMILES string of the molecule is CC1CCc2c(sc(NC(=O)c3ccc(Cc4c[nH]c5ccccc45)o3)c2C(N)=O)C1. The minimum absolute atomic E-state index is 0.213. The molecule has 0 saturated carbocycles. The van der Waals surface area contributed by atoms with Crippen LogP contribution in [0.2, 0.25) is 0 Å². The predicted octanol–water partition coefficient (Wildman–Crippen LogP) is 4.89. The summed E-state index contributed by atoms with van der Waals surface area (Å²) in [5.41, 5.74) is 9.26. The molecule has 1 atom stereocenters. The van der Waals surface area contributed by atoms with E-state index >= 15 is 0 Å². The molecular weight excluding hydrogens is 410 g/mol. The third-order valence-corrected chi connectivity index (χ3v) is 7.08. The minimum Gasteiger partial charge on any atom is -0.456 e. The van der Waals surface area contributed by atoms with Crippen LogP contribution in [0, 0.1) is 5.92 Å². The molecule has 1 aliphatic rings. The lowest BCUT2D eigenvalue weighted by Gasteiger charge is -2.18. The molecule has 3 heterocycles. The zero-order chi connectivity index (χ0) is 21.5. The molecule has 158 valence electrons. The summed E-state index contributed by atoms with van der Waals surface area (Å²) in [5, 5.41) is 4.51. The average Bonchev–Trinajstić information content (AvgIpc) is 3.45. The van der Waals surface area contributed by atoms with E-state index in [1.807, 2.05) is 30.5 Å². The summed E-state index contributed by atoms with van der Waals surface area (Å²) in [6.07, 6.45) is 5.29. The van der Waals surface area contributed by atoms with Crippen LogP contribution >= 0.6 is 11.3 Å². The first-order valence-corrected chi connectivity index (χ1v) is 11.2. The highest BCUT2D eigenvalue weighted by Crippen LogP contribution is 2.39. The Bertz CT molecular complexity index is 1300. The number of nitrogens with two attached hydrogens (primary N) is 1. The molecule has 0 aliphatic heterocycles. The number of primary amides is 1. The molecule has 0 spiro atoms. The Hall–Kier alpha value is -3.32. The molecule has 5 rings (SSSR count). The number of furan rings is 1. The van der Waals surface area contributed by atoms with E-state index in [4.69, 9.17) is 10.2 Å². The number of hydrogen-bond donors (Lipinski definition) is 3. The van der Waals surface area contributed by atoms with E-state index in [9.17, 15) is 9.59 Å². The van der Waals surface area contributed by atoms with E-state index in [0.29, 0.717) is 28.7 Å². The van der Waals surface area contributed by atoms with Gasteiger partial charge in [0.05, 0.1) is 5.56 Å². The van der Waals surface area contributed by atoms with Crippen LogP contribution in [0.25, 0.3) is 10.9 Å². The molecule has 0 bridgehead atoms. The molecule has 1 unspecified atom stereocenters. The van der Waals surface area contributed by atoms with Gasteiger partial charge in [0.2, 0.25) is 0 Å². The molecule has 4 aromatic rings. The quantitative estimate of drug-likeness (QED) is 0.418. The standard InChI is InChI=1S/C24H23N3O3S/c1-13-6-8-17-20(10-13)31-24(21(17)22(25)28)27-23(29)19-9-7-15(30-19)11-14-12-26-18-5-3-2-4-16(14)18/h2-5,7,9,12-13,26H,6,8,10-11H2,1H3,(H2,25,28)(H,27,29). The highest BCUT2D eigenvalue weighted by atomic mass is 32.1. The van der Waals surface area contributed by atoms with Crippen LogP contribution in [0.5, 0.6) is 0 Å². The number of amides is 2. The molecule has 1 aliphatic carbocycles. The number of H-pyrrole nitrogens is 1. The summed E-state index contributed by atoms with van der Waals surface area (Å²) in [4.78, 5) is 29.3. The van der Waals surface area contributed by atoms with Gasteiger partial charge in [0.1, 0.15) is 10.8 Å². The van der Waals surface area contributed by atoms with E-state index in [1.165, 1.54) is 11.3 Å². The monoisotopic (exact) mass is 433 g/mol. The third kappa shape index (κ3) is 3.65. The molecule has 31 heavy (non-hydrogen) atoms. The average molecular weight is 434 g/mol. The third-order valence-electron chi connectivity index (χ3n) is 5.91. The van der Waals surface area contributed by atoms with Crippen LogP contribution in [0.15, 0.2) is 47.0 Å². The second-order valence-corrected chi connectivity index (χ2v) is 9.28. The number of rotatable bonds is 5. The van der Waals surface area contributed by atoms with Crippen molar-refractivity contribution in [1.82, 2.24) is 4.98 Å². The molecule has 6 nitrogen and oxygen atoms in total. The van der Waals surface area contributed by atoms with Gasteiger partial charge in [0.25, 0.3) is 11.8 Å². The van der Waals surface area contributed by atoms with Gasteiger partial charge in [0.15, 0.2) is 5.76 Å². The molecule has 7 heteroatoms. The number of para-hydroxylation sites is 1. The van der Waals surface area contributed by atoms with Gasteiger partial charge < -0.3 is 20.5 Å². The Morgan fingerprint density at radius 3 is 2.94 bits per heavy atom. The maximum absolute atomic E-state index is 12.8. The lowest BCUT2D eigenvalue weighted by Crippen LogP contribution is -2.19. The second kappa shape index (κ2) is 7.74. The summed E-state index contributed by atoms with van der Waals surface area (Å²) in [6, 6.07) is 11.5. The molecule has 0 saturated heterocycles. The summed E-state index contributed by atoms with van der Waals surface area (Å²) in [7, 11) is 0. The first-order valence-electron chi connectivity index (χ1n) is 10.4. The minimum atomic E-state index is -0.498. The van der Waals surface area contributed by atoms with Gasteiger partial charge in [-0.3, -0.25) is 9.59 Å². The number of benzene rings is 1. The first-order chi connectivity index (χ1) is 15.0. The van der Waals surface area contributed by atoms with E-state index in [0.717, 1.165) is 46.2 Å². The van der Waals surface area contributed by atoms with Crippen molar-refractivity contribution in [3.63, 3.8) is 0 Å². The molecule has 2 amide bonds. The van der Waals surface area contributed by atoms with Crippen LogP contribution in [-0.4, -0.2) is 16.8 Å². The first kappa shape index (κ1) is 19.6. The van der Waals surface area contributed by atoms with Gasteiger partial charge in [-0.15, -0.1) is 11.3 Å². The number of carbonyl (C=O) groups is 2. The summed E-state index contributed by atoms with van der Waals surface area (Å²) < 4.78 is 5.82. The van der Waals surface area contributed by atoms with Gasteiger partial charge in [-0.1, -0.05) is 25.1 Å². The van der Waals surface area contributed by atoms with Crippen molar-refractivity contribution in [3.05, 3.63) is 75.7 Å². The van der Waals surface area contributed by atoms with Crippen molar-refractivity contribution < 1.29 is 14.0 Å². The van der Waals surface area contributed by atoms with E-state index in [-0.39, 0.29) is 11.7 Å². The van der Waals surface area contributed by atoms with Crippen molar-refractivity contribution >= 4 is 39.1 Å². The molecule has 0 radical (unpaired) electrons. The van der Waals surface area contributed by atoms with Gasteiger partial charge in [-0.05, 0) is 54.5 Å². The van der Waals surface area contributed by atoms with E-state index in [1.54, 1.807) is 6.07 Å². The van der Waals surface area contributed by atoms with Gasteiger partial charge >= 0.3 is 0 Å². The highest BCUT2D eigenvalue weighted by Gasteiger charge is 2.27. The van der Waals surface area contributed by atoms with Crippen molar-refractivity contribution in [2.75, 3.05) is 5.32 Å². The highest BCUT2D eigenvalue weighted by molar-refractivity contribution is 7.17. The molecular formula is C24H23N3O3S. The zero-order valence-electron chi connectivity index (χ0n) is 17.2. The van der Waals surface area contributed by atoms with E-state index in [2.05, 4.69) is 23.3 Å². The van der Waals surface area contributed by atoms with Gasteiger partial charge in [-0.2, -0.15) is 0 Å². The Morgan fingerprint density at radius 1 is 1.26 bits per heavy atom. The number of aromatic amines is 1. The lowest BCUT2D eigenvalue weighted by molar-refractivity contribution is 0.0995. The van der Waals surface area contributed by atoms with Crippen LogP contribution in [0.3, 0.4) is 0 Å². The smallest absolute Gasteiger partial charge is 0.291 e. The Morgan fingerprint density at radius 2 is 2.10 bits per heavy atom. The number of anilines is 1. The molecule has 3 aromatic heterocycles. The predicted molar refractivity (Wildman–Crippen MR) is 122 cm³/mol. The number of carbonyl (C=O) groups excluding carboxylic acids is 2. The fourth-order valence-corrected chi connectivity index (χ4v) is 5.74. The molecule has 4 N–H and O–H groups in total. The number of aromatic nitrogens is 1. The van der Waals surface area contributed by atoms with Crippen LogP contribution in [-0.2, 0) is 19.3 Å². The Labute approximate surface area is 183 Å². The van der Waals surface area contributed by atoms with Crippen molar-refractivity contribution in [3.8, 4) is 0 Å². The fraction of sp³-hybridized carbons (Fsp3) is 0.250. The van der Waals surface area contributed by atoms with E-state index < -0.39 is 5.91 Å². The van der Waals surface area contributed by atoms with Crippen molar-refractivity contribution in [1.29, 1.82) is 0 Å². The second-order valence-electron chi connectivity index (χ2n) is 8.18. The van der Waals surface area contributed by atoms with Crippen LogP contribution in [0.4, 0.5) is 5.00 Å². The largest absolute Gasteiger partial charge is 0.456 e. The summed E-state index contributed by atoms with van der Waals surface area (Å²) in [6.45, 7) is 2.20. The normalized spacial score (nSPS) is 15.7. The van der Waals surface area contributed by atoms with Crippen LogP contribution in [0.1, 0.15) is 56.0 Å². The Balaban J connectivity index is 1.36. The number of hydrogen-bond acceptors (Lipinski definition) is 4. The van der Waals surface area contributed by atoms with Crippen molar-refractivity contribution in [2.24, 2.45) is 11.7 Å². The topological polar surface area (TPSA) is 101 Å². The molecule has 0 fully saturated rings. The van der Waals surface area contributed by atoms with Crippen LogP contribution < -0.4 is 11.1 Å². The Kier molecular flexibility index (Phi) is 4.90. The molecule has 1 aromatic carbocycles. The maximum Gasteiger partial charge on any atom is 0.291 e. The summed E-state index contributed by atoms with van der Waals surface area (Å²) in [5.74, 6) is 0.600. The fourth-order valence-electron chi connectivity index (χ4n) is 4.32. The maximum atomic E-state index is 12.8. The number of nitrogens with one attached hydrogen (secondary N) is 2. The van der Waals surface area contributed by atoms with Crippen molar-refractivity contribution in [2.45, 2.75) is 32.6 Å². The van der Waals surface area contributed by atoms with Gasteiger partial charge in [-0.25, -0.2) is 0 Å².